The van der Waals surface area contributed by atoms with Gasteiger partial charge in [0, 0.05) is 5.56 Å². The summed E-state index contributed by atoms with van der Waals surface area (Å²) in [5.74, 6) is 0.475. The molecule has 0 unspecified atom stereocenters. The average Bonchev–Trinajstić information content (AvgIpc) is 2.47. The largest absolute Gasteiger partial charge is 0.382 e. The molecule has 0 aliphatic heterocycles. The molecule has 1 heterocycles. The van der Waals surface area contributed by atoms with Crippen LogP contribution in [0.1, 0.15) is 12.5 Å². The smallest absolute Gasteiger partial charge is 0.150 e. The van der Waals surface area contributed by atoms with Gasteiger partial charge in [0.2, 0.25) is 0 Å². The van der Waals surface area contributed by atoms with Gasteiger partial charge in [-0.05, 0) is 24.1 Å². The molecule has 94 valence electrons. The minimum atomic E-state index is 0.475. The normalized spacial score (nSPS) is 10.8. The molecule has 0 spiro atoms. The molecule has 0 bridgehead atoms. The first kappa shape index (κ1) is 11.7. The summed E-state index contributed by atoms with van der Waals surface area (Å²) in [4.78, 5) is 9.02. The lowest BCUT2D eigenvalue weighted by molar-refractivity contribution is 1.14. The number of nitrogens with two attached hydrogens (primary N) is 1. The lowest BCUT2D eigenvalue weighted by atomic mass is 10.1. The fourth-order valence-corrected chi connectivity index (χ4v) is 2.12. The molecule has 0 aliphatic carbocycles. The molecule has 0 saturated heterocycles. The molecule has 0 aliphatic rings. The molecule has 3 nitrogen and oxygen atoms in total. The van der Waals surface area contributed by atoms with E-state index in [0.29, 0.717) is 5.82 Å². The van der Waals surface area contributed by atoms with Crippen molar-refractivity contribution < 1.29 is 0 Å². The maximum atomic E-state index is 6.02. The Bertz CT molecular complexity index is 718. The maximum absolute atomic E-state index is 6.02. The van der Waals surface area contributed by atoms with Crippen molar-refractivity contribution in [3.05, 3.63) is 54.1 Å². The molecule has 2 aromatic carbocycles. The number of benzene rings is 2. The van der Waals surface area contributed by atoms with Crippen molar-refractivity contribution in [3.8, 4) is 11.3 Å². The van der Waals surface area contributed by atoms with Gasteiger partial charge in [-0.1, -0.05) is 43.3 Å². The van der Waals surface area contributed by atoms with Crippen molar-refractivity contribution in [2.45, 2.75) is 13.3 Å². The summed E-state index contributed by atoms with van der Waals surface area (Å²) < 4.78 is 0. The Kier molecular flexibility index (Phi) is 2.88. The van der Waals surface area contributed by atoms with Gasteiger partial charge in [-0.3, -0.25) is 0 Å². The molecule has 2 N–H and O–H groups in total. The highest BCUT2D eigenvalue weighted by Crippen LogP contribution is 2.25. The maximum Gasteiger partial charge on any atom is 0.150 e. The highest BCUT2D eigenvalue weighted by Gasteiger charge is 2.07. The number of anilines is 1. The summed E-state index contributed by atoms with van der Waals surface area (Å²) in [5.41, 5.74) is 10.8. The van der Waals surface area contributed by atoms with Crippen molar-refractivity contribution in [2.75, 3.05) is 5.73 Å². The van der Waals surface area contributed by atoms with Crippen LogP contribution in [0.5, 0.6) is 0 Å². The first-order chi connectivity index (χ1) is 9.28. The fourth-order valence-electron chi connectivity index (χ4n) is 2.12. The van der Waals surface area contributed by atoms with Gasteiger partial charge in [0.25, 0.3) is 0 Å². The van der Waals surface area contributed by atoms with Crippen LogP contribution < -0.4 is 5.73 Å². The second-order valence-electron chi connectivity index (χ2n) is 4.50. The number of aromatic nitrogens is 2. The van der Waals surface area contributed by atoms with Crippen molar-refractivity contribution in [3.63, 3.8) is 0 Å². The van der Waals surface area contributed by atoms with Gasteiger partial charge in [-0.2, -0.15) is 0 Å². The third-order valence-electron chi connectivity index (χ3n) is 3.23. The number of hydrogen-bond donors (Lipinski definition) is 1. The standard InChI is InChI=1S/C16H15N3/c1-2-11-7-9-12(10-8-11)15-16(17)19-14-6-4-3-5-13(14)18-15/h3-10H,2H2,1H3,(H2,17,19). The summed E-state index contributed by atoms with van der Waals surface area (Å²) in [6, 6.07) is 16.1. The second kappa shape index (κ2) is 4.69. The van der Waals surface area contributed by atoms with Crippen LogP contribution in [0, 0.1) is 0 Å². The van der Waals surface area contributed by atoms with Crippen LogP contribution in [0.15, 0.2) is 48.5 Å². The summed E-state index contributed by atoms with van der Waals surface area (Å²) in [6.07, 6.45) is 1.03. The summed E-state index contributed by atoms with van der Waals surface area (Å²) in [6.45, 7) is 2.14. The zero-order chi connectivity index (χ0) is 13.2. The van der Waals surface area contributed by atoms with E-state index in [2.05, 4.69) is 29.0 Å². The number of rotatable bonds is 2. The molecular formula is C16H15N3. The van der Waals surface area contributed by atoms with E-state index in [-0.39, 0.29) is 0 Å². The predicted octanol–water partition coefficient (Wildman–Crippen LogP) is 3.44. The van der Waals surface area contributed by atoms with Gasteiger partial charge in [-0.15, -0.1) is 0 Å². The lowest BCUT2D eigenvalue weighted by Crippen LogP contribution is -1.98. The van der Waals surface area contributed by atoms with E-state index in [1.807, 2.05) is 36.4 Å². The van der Waals surface area contributed by atoms with Crippen LogP contribution in [-0.4, -0.2) is 9.97 Å². The van der Waals surface area contributed by atoms with Crippen LogP contribution in [0.4, 0.5) is 5.82 Å². The average molecular weight is 249 g/mol. The number of fused-ring (bicyclic) bond motifs is 1. The predicted molar refractivity (Wildman–Crippen MR) is 78.8 cm³/mol. The molecule has 3 rings (SSSR count). The molecule has 0 radical (unpaired) electrons. The Hall–Kier alpha value is -2.42. The van der Waals surface area contributed by atoms with Crippen LogP contribution >= 0.6 is 0 Å². The van der Waals surface area contributed by atoms with Gasteiger partial charge < -0.3 is 5.73 Å². The van der Waals surface area contributed by atoms with Crippen LogP contribution in [0.3, 0.4) is 0 Å². The molecule has 3 aromatic rings. The zero-order valence-electron chi connectivity index (χ0n) is 10.8. The number of nitrogens with zero attached hydrogens (tertiary/aromatic N) is 2. The molecule has 3 heteroatoms. The Balaban J connectivity index is 2.15. The van der Waals surface area contributed by atoms with Crippen LogP contribution in [-0.2, 0) is 6.42 Å². The first-order valence-electron chi connectivity index (χ1n) is 6.39. The second-order valence-corrected chi connectivity index (χ2v) is 4.50. The monoisotopic (exact) mass is 249 g/mol. The minimum absolute atomic E-state index is 0.475. The fraction of sp³-hybridized carbons (Fsp3) is 0.125. The molecular weight excluding hydrogens is 234 g/mol. The molecule has 0 atom stereocenters. The number of hydrogen-bond acceptors (Lipinski definition) is 3. The highest BCUT2D eigenvalue weighted by atomic mass is 14.9. The van der Waals surface area contributed by atoms with Gasteiger partial charge in [0.1, 0.15) is 5.69 Å². The number of para-hydroxylation sites is 2. The molecule has 0 amide bonds. The Morgan fingerprint density at radius 2 is 1.53 bits per heavy atom. The molecule has 1 aromatic heterocycles. The lowest BCUT2D eigenvalue weighted by Gasteiger charge is -2.07. The van der Waals surface area contributed by atoms with Crippen molar-refractivity contribution >= 4 is 16.9 Å². The summed E-state index contributed by atoms with van der Waals surface area (Å²) in [5, 5.41) is 0. The van der Waals surface area contributed by atoms with E-state index >= 15 is 0 Å². The number of nitrogen functional groups attached to an aromatic ring is 1. The van der Waals surface area contributed by atoms with Crippen molar-refractivity contribution in [2.24, 2.45) is 0 Å². The van der Waals surface area contributed by atoms with Gasteiger partial charge in [-0.25, -0.2) is 9.97 Å². The Labute approximate surface area is 112 Å². The topological polar surface area (TPSA) is 51.8 Å². The van der Waals surface area contributed by atoms with Crippen LogP contribution in [0.2, 0.25) is 0 Å². The quantitative estimate of drug-likeness (QED) is 0.757. The van der Waals surface area contributed by atoms with Gasteiger partial charge in [0.15, 0.2) is 5.82 Å². The van der Waals surface area contributed by atoms with Gasteiger partial charge in [0.05, 0.1) is 11.0 Å². The van der Waals surface area contributed by atoms with Crippen LogP contribution in [0.25, 0.3) is 22.3 Å². The van der Waals surface area contributed by atoms with E-state index in [4.69, 9.17) is 5.73 Å². The molecule has 0 saturated carbocycles. The highest BCUT2D eigenvalue weighted by molar-refractivity contribution is 5.82. The van der Waals surface area contributed by atoms with Crippen molar-refractivity contribution in [1.29, 1.82) is 0 Å². The molecule has 0 fully saturated rings. The van der Waals surface area contributed by atoms with E-state index in [1.165, 1.54) is 5.56 Å². The van der Waals surface area contributed by atoms with E-state index < -0.39 is 0 Å². The summed E-state index contributed by atoms with van der Waals surface area (Å²) in [7, 11) is 0. The minimum Gasteiger partial charge on any atom is -0.382 e. The first-order valence-corrected chi connectivity index (χ1v) is 6.39. The molecule has 19 heavy (non-hydrogen) atoms. The number of aryl methyl sites for hydroxylation is 1. The Morgan fingerprint density at radius 1 is 0.895 bits per heavy atom. The Morgan fingerprint density at radius 3 is 2.16 bits per heavy atom. The zero-order valence-corrected chi connectivity index (χ0v) is 10.8. The van der Waals surface area contributed by atoms with E-state index in [0.717, 1.165) is 28.7 Å². The third kappa shape index (κ3) is 2.15. The van der Waals surface area contributed by atoms with E-state index in [1.54, 1.807) is 0 Å². The van der Waals surface area contributed by atoms with Gasteiger partial charge >= 0.3 is 0 Å². The SMILES string of the molecule is CCc1ccc(-c2nc3ccccc3nc2N)cc1. The van der Waals surface area contributed by atoms with E-state index in [9.17, 15) is 0 Å². The third-order valence-corrected chi connectivity index (χ3v) is 3.23. The van der Waals surface area contributed by atoms with Crippen molar-refractivity contribution in [1.82, 2.24) is 9.97 Å². The summed E-state index contributed by atoms with van der Waals surface area (Å²) >= 11 is 0.